The maximum absolute atomic E-state index is 12.5. The summed E-state index contributed by atoms with van der Waals surface area (Å²) in [5.74, 6) is -2.43. The number of pyridine rings is 1. The molecular formula is C6H3Cl2F2N. The van der Waals surface area contributed by atoms with E-state index in [1.807, 2.05) is 0 Å². The first-order valence-electron chi connectivity index (χ1n) is 2.70. The average Bonchev–Trinajstić information content (AvgIpc) is 1.97. The van der Waals surface area contributed by atoms with E-state index in [0.29, 0.717) is 0 Å². The molecule has 1 aromatic heterocycles. The molecule has 0 aliphatic heterocycles. The molecule has 0 aromatic carbocycles. The summed E-state index contributed by atoms with van der Waals surface area (Å²) in [7, 11) is 0. The van der Waals surface area contributed by atoms with Crippen molar-refractivity contribution in [1.82, 2.24) is 4.98 Å². The second-order valence-electron chi connectivity index (χ2n) is 1.93. The summed E-state index contributed by atoms with van der Waals surface area (Å²) in [4.78, 5) is 3.18. The number of halogens is 4. The topological polar surface area (TPSA) is 12.9 Å². The Morgan fingerprint density at radius 3 is 2.27 bits per heavy atom. The first kappa shape index (κ1) is 8.68. The van der Waals surface area contributed by atoms with Crippen molar-refractivity contribution in [2.24, 2.45) is 0 Å². The van der Waals surface area contributed by atoms with Crippen molar-refractivity contribution in [2.75, 3.05) is 0 Å². The summed E-state index contributed by atoms with van der Waals surface area (Å²) in [6.07, 6.45) is 0. The zero-order valence-corrected chi connectivity index (χ0v) is 6.97. The van der Waals surface area contributed by atoms with Crippen molar-refractivity contribution >= 4 is 23.2 Å². The lowest BCUT2D eigenvalue weighted by atomic mass is 10.4. The molecule has 11 heavy (non-hydrogen) atoms. The third-order valence-corrected chi connectivity index (χ3v) is 2.06. The lowest BCUT2D eigenvalue weighted by Gasteiger charge is -2.00. The summed E-state index contributed by atoms with van der Waals surface area (Å²) < 4.78 is 24.9. The van der Waals surface area contributed by atoms with Crippen LogP contribution in [0.5, 0.6) is 0 Å². The number of hydrogen-bond acceptors (Lipinski definition) is 1. The molecule has 0 bridgehead atoms. The maximum Gasteiger partial charge on any atom is 0.250 e. The summed E-state index contributed by atoms with van der Waals surface area (Å²) >= 11 is 10.8. The van der Waals surface area contributed by atoms with Crippen LogP contribution in [0.2, 0.25) is 10.0 Å². The SMILES string of the molecule is Cc1nc(F)c(F)c(Cl)c1Cl. The molecule has 1 heterocycles. The molecule has 0 aliphatic rings. The number of rotatable bonds is 0. The summed E-state index contributed by atoms with van der Waals surface area (Å²) in [5, 5.41) is -0.470. The van der Waals surface area contributed by atoms with Crippen LogP contribution in [0.25, 0.3) is 0 Å². The monoisotopic (exact) mass is 197 g/mol. The molecule has 0 N–H and O–H groups in total. The normalized spacial score (nSPS) is 10.3. The molecule has 60 valence electrons. The van der Waals surface area contributed by atoms with Gasteiger partial charge in [-0.05, 0) is 6.92 Å². The smallest absolute Gasteiger partial charge is 0.221 e. The van der Waals surface area contributed by atoms with Crippen molar-refractivity contribution in [3.05, 3.63) is 27.5 Å². The van der Waals surface area contributed by atoms with E-state index < -0.39 is 16.8 Å². The van der Waals surface area contributed by atoms with Crippen LogP contribution in [0.1, 0.15) is 5.69 Å². The van der Waals surface area contributed by atoms with Gasteiger partial charge in [-0.25, -0.2) is 9.37 Å². The van der Waals surface area contributed by atoms with E-state index in [0.717, 1.165) is 0 Å². The van der Waals surface area contributed by atoms with Crippen LogP contribution in [-0.2, 0) is 0 Å². The minimum absolute atomic E-state index is 0.0504. The molecule has 0 saturated heterocycles. The van der Waals surface area contributed by atoms with Gasteiger partial charge in [0.25, 0.3) is 5.95 Å². The fraction of sp³-hybridized carbons (Fsp3) is 0.167. The minimum Gasteiger partial charge on any atom is -0.221 e. The molecule has 0 atom stereocenters. The highest BCUT2D eigenvalue weighted by atomic mass is 35.5. The Kier molecular flexibility index (Phi) is 2.30. The van der Waals surface area contributed by atoms with E-state index in [-0.39, 0.29) is 10.7 Å². The first-order valence-corrected chi connectivity index (χ1v) is 3.46. The first-order chi connectivity index (χ1) is 5.04. The van der Waals surface area contributed by atoms with E-state index in [2.05, 4.69) is 4.98 Å². The predicted molar refractivity (Wildman–Crippen MR) is 38.9 cm³/mol. The fourth-order valence-electron chi connectivity index (χ4n) is 0.591. The molecule has 0 aliphatic carbocycles. The Balaban J connectivity index is 3.46. The quantitative estimate of drug-likeness (QED) is 0.584. The second-order valence-corrected chi connectivity index (χ2v) is 2.69. The van der Waals surface area contributed by atoms with Gasteiger partial charge in [0.05, 0.1) is 10.7 Å². The fourth-order valence-corrected chi connectivity index (χ4v) is 0.931. The van der Waals surface area contributed by atoms with Gasteiger partial charge in [0.2, 0.25) is 0 Å². The van der Waals surface area contributed by atoms with E-state index in [1.54, 1.807) is 0 Å². The van der Waals surface area contributed by atoms with Crippen molar-refractivity contribution in [3.63, 3.8) is 0 Å². The summed E-state index contributed by atoms with van der Waals surface area (Å²) in [5.41, 5.74) is 0.176. The van der Waals surface area contributed by atoms with E-state index in [1.165, 1.54) is 6.92 Å². The molecule has 5 heteroatoms. The maximum atomic E-state index is 12.5. The number of nitrogens with zero attached hydrogens (tertiary/aromatic N) is 1. The highest BCUT2D eigenvalue weighted by molar-refractivity contribution is 6.42. The zero-order chi connectivity index (χ0) is 8.59. The van der Waals surface area contributed by atoms with Crippen molar-refractivity contribution < 1.29 is 8.78 Å². The molecule has 1 aromatic rings. The third kappa shape index (κ3) is 1.44. The molecule has 0 saturated carbocycles. The van der Waals surface area contributed by atoms with Crippen LogP contribution in [-0.4, -0.2) is 4.98 Å². The lowest BCUT2D eigenvalue weighted by Crippen LogP contribution is -1.94. The molecule has 0 amide bonds. The molecule has 0 radical (unpaired) electrons. The van der Waals surface area contributed by atoms with Gasteiger partial charge in [-0.1, -0.05) is 23.2 Å². The Bertz CT molecular complexity index is 275. The van der Waals surface area contributed by atoms with Crippen molar-refractivity contribution in [2.45, 2.75) is 6.92 Å². The van der Waals surface area contributed by atoms with Crippen LogP contribution in [0.15, 0.2) is 0 Å². The lowest BCUT2D eigenvalue weighted by molar-refractivity contribution is 0.477. The van der Waals surface area contributed by atoms with Gasteiger partial charge in [0.1, 0.15) is 5.02 Å². The summed E-state index contributed by atoms with van der Waals surface area (Å²) in [6, 6.07) is 0. The van der Waals surface area contributed by atoms with Crippen LogP contribution in [0.4, 0.5) is 8.78 Å². The van der Waals surface area contributed by atoms with Gasteiger partial charge >= 0.3 is 0 Å². The number of aromatic nitrogens is 1. The zero-order valence-electron chi connectivity index (χ0n) is 5.46. The Morgan fingerprint density at radius 2 is 1.73 bits per heavy atom. The number of aryl methyl sites for hydroxylation is 1. The van der Waals surface area contributed by atoms with Gasteiger partial charge in [-0.15, -0.1) is 0 Å². The molecule has 0 fully saturated rings. The van der Waals surface area contributed by atoms with Gasteiger partial charge in [0.15, 0.2) is 5.82 Å². The van der Waals surface area contributed by atoms with Gasteiger partial charge < -0.3 is 0 Å². The highest BCUT2D eigenvalue weighted by Crippen LogP contribution is 2.27. The van der Waals surface area contributed by atoms with Gasteiger partial charge in [-0.3, -0.25) is 0 Å². The van der Waals surface area contributed by atoms with Crippen LogP contribution in [0, 0.1) is 18.7 Å². The Morgan fingerprint density at radius 1 is 1.18 bits per heavy atom. The van der Waals surface area contributed by atoms with Crippen LogP contribution >= 0.6 is 23.2 Å². The molecule has 0 unspecified atom stereocenters. The Hall–Kier alpha value is -0.410. The number of hydrogen-bond donors (Lipinski definition) is 0. The largest absolute Gasteiger partial charge is 0.250 e. The summed E-state index contributed by atoms with van der Waals surface area (Å²) in [6.45, 7) is 1.44. The third-order valence-electron chi connectivity index (χ3n) is 1.15. The van der Waals surface area contributed by atoms with E-state index in [9.17, 15) is 8.78 Å². The second kappa shape index (κ2) is 2.91. The van der Waals surface area contributed by atoms with Gasteiger partial charge in [-0.2, -0.15) is 4.39 Å². The minimum atomic E-state index is -1.23. The molecule has 0 spiro atoms. The van der Waals surface area contributed by atoms with Crippen molar-refractivity contribution in [1.29, 1.82) is 0 Å². The highest BCUT2D eigenvalue weighted by Gasteiger charge is 2.14. The van der Waals surface area contributed by atoms with E-state index in [4.69, 9.17) is 23.2 Å². The standard InChI is InChI=1S/C6H3Cl2F2N/c1-2-3(7)4(8)5(9)6(10)11-2/h1H3. The van der Waals surface area contributed by atoms with E-state index >= 15 is 0 Å². The Labute approximate surface area is 72.0 Å². The molecule has 1 rings (SSSR count). The van der Waals surface area contributed by atoms with Crippen molar-refractivity contribution in [3.8, 4) is 0 Å². The van der Waals surface area contributed by atoms with Gasteiger partial charge in [0, 0.05) is 0 Å². The molecular weight excluding hydrogens is 195 g/mol. The van der Waals surface area contributed by atoms with Crippen LogP contribution < -0.4 is 0 Å². The predicted octanol–water partition coefficient (Wildman–Crippen LogP) is 2.98. The molecule has 1 nitrogen and oxygen atoms in total. The average molecular weight is 198 g/mol. The van der Waals surface area contributed by atoms with Crippen LogP contribution in [0.3, 0.4) is 0 Å².